The van der Waals surface area contributed by atoms with Crippen LogP contribution in [0.2, 0.25) is 0 Å². The van der Waals surface area contributed by atoms with Crippen LogP contribution < -0.4 is 10.6 Å². The molecule has 2 aromatic carbocycles. The molecule has 142 valence electrons. The minimum atomic E-state index is -0.501. The molecule has 0 aliphatic heterocycles. The first-order valence-electron chi connectivity index (χ1n) is 8.67. The number of carbonyl (C=O) groups is 3. The second-order valence-corrected chi connectivity index (χ2v) is 6.14. The zero-order valence-corrected chi connectivity index (χ0v) is 15.5. The van der Waals surface area contributed by atoms with E-state index >= 15 is 0 Å². The van der Waals surface area contributed by atoms with Gasteiger partial charge in [0.15, 0.2) is 5.78 Å². The van der Waals surface area contributed by atoms with Crippen molar-refractivity contribution < 1.29 is 14.4 Å². The fraction of sp³-hybridized carbons (Fsp3) is 0.0455. The highest BCUT2D eigenvalue weighted by molar-refractivity contribution is 6.06. The molecule has 0 fully saturated rings. The SMILES string of the molecule is CC(=O)c1cccc(NC(=O)c2cccc(C(=O)Nc3ccc(C#N)cc3)n2)c1. The Hall–Kier alpha value is -4.31. The summed E-state index contributed by atoms with van der Waals surface area (Å²) in [7, 11) is 0. The summed E-state index contributed by atoms with van der Waals surface area (Å²) in [6, 6.07) is 19.5. The summed E-state index contributed by atoms with van der Waals surface area (Å²) in [6.45, 7) is 1.44. The summed E-state index contributed by atoms with van der Waals surface area (Å²) < 4.78 is 0. The van der Waals surface area contributed by atoms with E-state index in [-0.39, 0.29) is 17.2 Å². The average Bonchev–Trinajstić information content (AvgIpc) is 2.74. The molecule has 1 aromatic heterocycles. The van der Waals surface area contributed by atoms with E-state index < -0.39 is 11.8 Å². The molecule has 0 atom stereocenters. The van der Waals surface area contributed by atoms with Gasteiger partial charge in [-0.2, -0.15) is 5.26 Å². The number of nitrogens with one attached hydrogen (secondary N) is 2. The van der Waals surface area contributed by atoms with Gasteiger partial charge in [0.25, 0.3) is 11.8 Å². The topological polar surface area (TPSA) is 112 Å². The number of amides is 2. The van der Waals surface area contributed by atoms with Crippen molar-refractivity contribution in [1.82, 2.24) is 4.98 Å². The molecule has 7 heteroatoms. The van der Waals surface area contributed by atoms with Crippen LogP contribution in [0.15, 0.2) is 66.7 Å². The monoisotopic (exact) mass is 384 g/mol. The summed E-state index contributed by atoms with van der Waals surface area (Å²) in [6.07, 6.45) is 0. The Morgan fingerprint density at radius 2 is 1.41 bits per heavy atom. The van der Waals surface area contributed by atoms with Gasteiger partial charge < -0.3 is 10.6 Å². The van der Waals surface area contributed by atoms with E-state index in [0.717, 1.165) is 0 Å². The van der Waals surface area contributed by atoms with Crippen LogP contribution in [0.1, 0.15) is 43.8 Å². The summed E-state index contributed by atoms with van der Waals surface area (Å²) in [5, 5.41) is 14.1. The molecule has 2 N–H and O–H groups in total. The highest BCUT2D eigenvalue weighted by atomic mass is 16.2. The molecule has 3 rings (SSSR count). The second kappa shape index (κ2) is 8.59. The Balaban J connectivity index is 1.73. The summed E-state index contributed by atoms with van der Waals surface area (Å²) in [5.41, 5.74) is 2.05. The van der Waals surface area contributed by atoms with Gasteiger partial charge in [0.1, 0.15) is 11.4 Å². The fourth-order valence-corrected chi connectivity index (χ4v) is 2.52. The molecule has 3 aromatic rings. The molecular formula is C22H16N4O3. The minimum absolute atomic E-state index is 0.0608. The average molecular weight is 384 g/mol. The van der Waals surface area contributed by atoms with Crippen molar-refractivity contribution in [3.63, 3.8) is 0 Å². The van der Waals surface area contributed by atoms with Crippen LogP contribution in [0.4, 0.5) is 11.4 Å². The molecule has 0 saturated heterocycles. The predicted molar refractivity (Wildman–Crippen MR) is 108 cm³/mol. The van der Waals surface area contributed by atoms with Crippen molar-refractivity contribution in [3.8, 4) is 6.07 Å². The van der Waals surface area contributed by atoms with Gasteiger partial charge >= 0.3 is 0 Å². The molecule has 7 nitrogen and oxygen atoms in total. The van der Waals surface area contributed by atoms with Crippen LogP contribution in [-0.2, 0) is 0 Å². The van der Waals surface area contributed by atoms with E-state index in [0.29, 0.717) is 22.5 Å². The molecule has 0 spiro atoms. The highest BCUT2D eigenvalue weighted by Gasteiger charge is 2.13. The number of aromatic nitrogens is 1. The number of nitriles is 1. The maximum atomic E-state index is 12.5. The van der Waals surface area contributed by atoms with Gasteiger partial charge in [-0.05, 0) is 55.5 Å². The van der Waals surface area contributed by atoms with E-state index in [1.807, 2.05) is 6.07 Å². The Bertz CT molecular complexity index is 1130. The third kappa shape index (κ3) is 4.90. The quantitative estimate of drug-likeness (QED) is 0.652. The lowest BCUT2D eigenvalue weighted by Gasteiger charge is -2.08. The van der Waals surface area contributed by atoms with Crippen molar-refractivity contribution in [3.05, 3.63) is 89.2 Å². The highest BCUT2D eigenvalue weighted by Crippen LogP contribution is 2.14. The number of hydrogen-bond acceptors (Lipinski definition) is 5. The molecular weight excluding hydrogens is 368 g/mol. The number of rotatable bonds is 5. The number of hydrogen-bond donors (Lipinski definition) is 2. The Labute approximate surface area is 167 Å². The molecule has 0 saturated carbocycles. The van der Waals surface area contributed by atoms with Crippen LogP contribution in [0, 0.1) is 11.3 Å². The summed E-state index contributed by atoms with van der Waals surface area (Å²) >= 11 is 0. The number of benzene rings is 2. The molecule has 29 heavy (non-hydrogen) atoms. The van der Waals surface area contributed by atoms with Crippen molar-refractivity contribution >= 4 is 29.0 Å². The third-order valence-electron chi connectivity index (χ3n) is 4.01. The van der Waals surface area contributed by atoms with Crippen LogP contribution in [-0.4, -0.2) is 22.6 Å². The number of carbonyl (C=O) groups excluding carboxylic acids is 3. The van der Waals surface area contributed by atoms with Crippen molar-refractivity contribution in [2.45, 2.75) is 6.92 Å². The third-order valence-corrected chi connectivity index (χ3v) is 4.01. The first-order chi connectivity index (χ1) is 14.0. The van der Waals surface area contributed by atoms with Gasteiger partial charge in [0.05, 0.1) is 11.6 Å². The number of Topliss-reactive ketones (excluding diaryl/α,β-unsaturated/α-hetero) is 1. The van der Waals surface area contributed by atoms with Crippen LogP contribution in [0.3, 0.4) is 0 Å². The predicted octanol–water partition coefficient (Wildman–Crippen LogP) is 3.66. The van der Waals surface area contributed by atoms with Gasteiger partial charge in [0, 0.05) is 16.9 Å². The smallest absolute Gasteiger partial charge is 0.274 e. The lowest BCUT2D eigenvalue weighted by atomic mass is 10.1. The van der Waals surface area contributed by atoms with E-state index in [9.17, 15) is 14.4 Å². The maximum Gasteiger partial charge on any atom is 0.274 e. The Morgan fingerprint density at radius 3 is 2.00 bits per heavy atom. The normalized spacial score (nSPS) is 9.93. The molecule has 0 unspecified atom stereocenters. The number of pyridine rings is 1. The van der Waals surface area contributed by atoms with Crippen molar-refractivity contribution in [1.29, 1.82) is 5.26 Å². The molecule has 0 radical (unpaired) electrons. The molecule has 2 amide bonds. The fourth-order valence-electron chi connectivity index (χ4n) is 2.52. The number of anilines is 2. The van der Waals surface area contributed by atoms with Crippen molar-refractivity contribution in [2.75, 3.05) is 10.6 Å². The van der Waals surface area contributed by atoms with E-state index in [1.165, 1.54) is 19.1 Å². The van der Waals surface area contributed by atoms with Crippen LogP contribution in [0.25, 0.3) is 0 Å². The Morgan fingerprint density at radius 1 is 0.828 bits per heavy atom. The lowest BCUT2D eigenvalue weighted by molar-refractivity contribution is 0.100. The zero-order valence-electron chi connectivity index (χ0n) is 15.5. The van der Waals surface area contributed by atoms with E-state index in [1.54, 1.807) is 54.6 Å². The standard InChI is InChI=1S/C22H16N4O3/c1-14(27)16-4-2-5-18(12-16)25-22(29)20-7-3-6-19(26-20)21(28)24-17-10-8-15(13-23)9-11-17/h2-12H,1H3,(H,24,28)(H,25,29). The van der Waals surface area contributed by atoms with Crippen molar-refractivity contribution in [2.24, 2.45) is 0 Å². The van der Waals surface area contributed by atoms with Gasteiger partial charge in [-0.25, -0.2) is 4.98 Å². The molecule has 0 aliphatic rings. The largest absolute Gasteiger partial charge is 0.321 e. The first-order valence-corrected chi connectivity index (χ1v) is 8.67. The molecule has 0 bridgehead atoms. The molecule has 1 heterocycles. The second-order valence-electron chi connectivity index (χ2n) is 6.14. The summed E-state index contributed by atoms with van der Waals surface area (Å²) in [5.74, 6) is -1.10. The minimum Gasteiger partial charge on any atom is -0.321 e. The van der Waals surface area contributed by atoms with Gasteiger partial charge in [-0.15, -0.1) is 0 Å². The van der Waals surface area contributed by atoms with Gasteiger partial charge in [-0.1, -0.05) is 18.2 Å². The number of nitrogens with zero attached hydrogens (tertiary/aromatic N) is 2. The van der Waals surface area contributed by atoms with Crippen LogP contribution >= 0.6 is 0 Å². The molecule has 0 aliphatic carbocycles. The lowest BCUT2D eigenvalue weighted by Crippen LogP contribution is -2.18. The summed E-state index contributed by atoms with van der Waals surface area (Å²) in [4.78, 5) is 40.5. The van der Waals surface area contributed by atoms with Crippen LogP contribution in [0.5, 0.6) is 0 Å². The van der Waals surface area contributed by atoms with Gasteiger partial charge in [0.2, 0.25) is 0 Å². The Kier molecular flexibility index (Phi) is 5.76. The zero-order chi connectivity index (χ0) is 20.8. The first kappa shape index (κ1) is 19.5. The number of ketones is 1. The van der Waals surface area contributed by atoms with Gasteiger partial charge in [-0.3, -0.25) is 14.4 Å². The van der Waals surface area contributed by atoms with E-state index in [2.05, 4.69) is 15.6 Å². The maximum absolute atomic E-state index is 12.5. The van der Waals surface area contributed by atoms with E-state index in [4.69, 9.17) is 5.26 Å².